The van der Waals surface area contributed by atoms with E-state index in [4.69, 9.17) is 4.80 Å². The molecule has 10 heavy (non-hydrogen) atoms. The number of hydrogen-bond donors (Lipinski definition) is 1. The molecule has 0 aromatic heterocycles. The van der Waals surface area contributed by atoms with Crippen LogP contribution < -0.4 is 0 Å². The van der Waals surface area contributed by atoms with Gasteiger partial charge in [-0.25, -0.2) is 0 Å². The molecular weight excluding hydrogens is 148 g/mol. The maximum absolute atomic E-state index is 10.8. The lowest BCUT2D eigenvalue weighted by Crippen LogP contribution is -2.12. The van der Waals surface area contributed by atoms with Crippen LogP contribution in [0, 0.1) is 0 Å². The van der Waals surface area contributed by atoms with Crippen molar-refractivity contribution in [3.05, 3.63) is 12.2 Å². The zero-order valence-corrected chi connectivity index (χ0v) is 6.89. The summed E-state index contributed by atoms with van der Waals surface area (Å²) in [5.41, 5.74) is 0.540. The fourth-order valence-corrected chi connectivity index (χ4v) is 0.593. The third-order valence-corrected chi connectivity index (χ3v) is 1.36. The monoisotopic (exact) mass is 158 g/mol. The quantitative estimate of drug-likeness (QED) is 0.455. The number of rotatable bonds is 5. The van der Waals surface area contributed by atoms with Crippen molar-refractivity contribution in [1.29, 1.82) is 0 Å². The van der Waals surface area contributed by atoms with Gasteiger partial charge in [0, 0.05) is 0 Å². The van der Waals surface area contributed by atoms with Gasteiger partial charge in [-0.1, -0.05) is 13.5 Å². The summed E-state index contributed by atoms with van der Waals surface area (Å²) in [6, 6.07) is 0. The normalized spacial score (nSPS) is 9.40. The first kappa shape index (κ1) is 9.55. The van der Waals surface area contributed by atoms with Crippen LogP contribution in [-0.4, -0.2) is 27.2 Å². The van der Waals surface area contributed by atoms with Gasteiger partial charge in [0.05, 0.1) is 6.61 Å². The Morgan fingerprint density at radius 2 is 2.40 bits per heavy atom. The van der Waals surface area contributed by atoms with E-state index in [1.807, 2.05) is 6.92 Å². The molecule has 2 radical (unpaired) electrons. The number of carbonyl (C=O) groups is 1. The lowest BCUT2D eigenvalue weighted by atomic mass is 10.1. The molecule has 0 saturated heterocycles. The van der Waals surface area contributed by atoms with E-state index in [2.05, 4.69) is 11.0 Å². The van der Waals surface area contributed by atoms with E-state index in [0.717, 1.165) is 0 Å². The fourth-order valence-electron chi connectivity index (χ4n) is 0.397. The fraction of sp³-hybridized carbons (Fsp3) is 0.500. The van der Waals surface area contributed by atoms with Crippen molar-refractivity contribution in [3.63, 3.8) is 0 Å². The molecule has 0 aromatic rings. The van der Waals surface area contributed by atoms with Gasteiger partial charge in [0.2, 0.25) is 0 Å². The van der Waals surface area contributed by atoms with Gasteiger partial charge in [0.25, 0.3) is 0 Å². The van der Waals surface area contributed by atoms with Crippen LogP contribution in [0.3, 0.4) is 0 Å². The lowest BCUT2D eigenvalue weighted by molar-refractivity contribution is -0.117. The standard InChI is InChI=1S/C6H10O3Si/c1-3-5(2)6(7)4-9-10-8/h8H,2-4H2,1H3. The first-order chi connectivity index (χ1) is 4.72. The highest BCUT2D eigenvalue weighted by molar-refractivity contribution is 6.16. The molecule has 0 bridgehead atoms. The molecule has 0 aliphatic carbocycles. The van der Waals surface area contributed by atoms with Crippen molar-refractivity contribution in [1.82, 2.24) is 0 Å². The molecule has 0 aliphatic rings. The minimum atomic E-state index is -0.617. The average molecular weight is 158 g/mol. The van der Waals surface area contributed by atoms with Crippen LogP contribution in [0.1, 0.15) is 13.3 Å². The molecule has 0 rings (SSSR count). The van der Waals surface area contributed by atoms with Crippen LogP contribution in [0.5, 0.6) is 0 Å². The van der Waals surface area contributed by atoms with Gasteiger partial charge in [0.1, 0.15) is 0 Å². The highest BCUT2D eigenvalue weighted by Crippen LogP contribution is 1.97. The van der Waals surface area contributed by atoms with Gasteiger partial charge in [0.15, 0.2) is 5.78 Å². The Labute approximate surface area is 62.8 Å². The summed E-state index contributed by atoms with van der Waals surface area (Å²) in [5.74, 6) is -0.135. The Morgan fingerprint density at radius 1 is 1.80 bits per heavy atom. The average Bonchev–Trinajstić information content (AvgIpc) is 1.98. The van der Waals surface area contributed by atoms with E-state index in [0.29, 0.717) is 12.0 Å². The first-order valence-electron chi connectivity index (χ1n) is 2.94. The van der Waals surface area contributed by atoms with Crippen molar-refractivity contribution < 1.29 is 14.0 Å². The maximum Gasteiger partial charge on any atom is 0.430 e. The molecule has 0 amide bonds. The lowest BCUT2D eigenvalue weighted by Gasteiger charge is -1.98. The van der Waals surface area contributed by atoms with Gasteiger partial charge in [-0.2, -0.15) is 0 Å². The highest BCUT2D eigenvalue weighted by Gasteiger charge is 2.03. The van der Waals surface area contributed by atoms with E-state index >= 15 is 0 Å². The van der Waals surface area contributed by atoms with Crippen LogP contribution in [0.4, 0.5) is 0 Å². The second kappa shape index (κ2) is 5.34. The van der Waals surface area contributed by atoms with Crippen LogP contribution in [0.25, 0.3) is 0 Å². The van der Waals surface area contributed by atoms with Gasteiger partial charge in [-0.3, -0.25) is 4.79 Å². The Kier molecular flexibility index (Phi) is 5.10. The zero-order valence-electron chi connectivity index (χ0n) is 5.89. The van der Waals surface area contributed by atoms with E-state index in [1.165, 1.54) is 0 Å². The minimum absolute atomic E-state index is 0.0540. The second-order valence-corrected chi connectivity index (χ2v) is 2.23. The molecule has 4 heteroatoms. The molecule has 0 spiro atoms. The summed E-state index contributed by atoms with van der Waals surface area (Å²) < 4.78 is 4.49. The summed E-state index contributed by atoms with van der Waals surface area (Å²) in [5, 5.41) is 0. The van der Waals surface area contributed by atoms with Crippen LogP contribution in [0.15, 0.2) is 12.2 Å². The summed E-state index contributed by atoms with van der Waals surface area (Å²) in [7, 11) is -0.617. The second-order valence-electron chi connectivity index (χ2n) is 1.76. The number of hydrogen-bond acceptors (Lipinski definition) is 3. The molecule has 0 atom stereocenters. The van der Waals surface area contributed by atoms with Gasteiger partial charge in [-0.05, 0) is 12.0 Å². The Balaban J connectivity index is 3.52. The van der Waals surface area contributed by atoms with Crippen molar-refractivity contribution in [2.24, 2.45) is 0 Å². The van der Waals surface area contributed by atoms with Crippen molar-refractivity contribution in [2.75, 3.05) is 6.61 Å². The Hall–Kier alpha value is -0.453. The zero-order chi connectivity index (χ0) is 7.98. The molecular formula is C6H10O3Si. The molecule has 0 saturated carbocycles. The number of Topliss-reactive ketones (excluding diaryl/α,β-unsaturated/α-hetero) is 1. The summed E-state index contributed by atoms with van der Waals surface area (Å²) in [6.45, 7) is 5.31. The summed E-state index contributed by atoms with van der Waals surface area (Å²) in [4.78, 5) is 19.0. The molecule has 0 aliphatic heterocycles. The van der Waals surface area contributed by atoms with Crippen molar-refractivity contribution in [2.45, 2.75) is 13.3 Å². The summed E-state index contributed by atoms with van der Waals surface area (Å²) >= 11 is 0. The predicted molar refractivity (Wildman–Crippen MR) is 38.4 cm³/mol. The molecule has 0 aromatic carbocycles. The smallest absolute Gasteiger partial charge is 0.409 e. The van der Waals surface area contributed by atoms with Gasteiger partial charge in [-0.15, -0.1) is 0 Å². The third-order valence-electron chi connectivity index (χ3n) is 1.09. The van der Waals surface area contributed by atoms with Gasteiger partial charge < -0.3 is 9.22 Å². The largest absolute Gasteiger partial charge is 0.430 e. The topological polar surface area (TPSA) is 46.5 Å². The van der Waals surface area contributed by atoms with Crippen LogP contribution in [-0.2, 0) is 9.22 Å². The van der Waals surface area contributed by atoms with Crippen LogP contribution >= 0.6 is 0 Å². The van der Waals surface area contributed by atoms with E-state index in [-0.39, 0.29) is 12.4 Å². The molecule has 1 N–H and O–H groups in total. The Morgan fingerprint density at radius 3 is 2.80 bits per heavy atom. The maximum atomic E-state index is 10.8. The van der Waals surface area contributed by atoms with E-state index in [1.54, 1.807) is 0 Å². The molecule has 0 fully saturated rings. The third kappa shape index (κ3) is 3.55. The van der Waals surface area contributed by atoms with E-state index in [9.17, 15) is 4.79 Å². The minimum Gasteiger partial charge on any atom is -0.409 e. The van der Waals surface area contributed by atoms with Crippen molar-refractivity contribution in [3.8, 4) is 0 Å². The molecule has 56 valence electrons. The molecule has 0 heterocycles. The SMILES string of the molecule is C=C(CC)C(=O)CO[Si]O. The Bertz CT molecular complexity index is 133. The summed E-state index contributed by atoms with van der Waals surface area (Å²) in [6.07, 6.45) is 0.636. The first-order valence-corrected chi connectivity index (χ1v) is 3.79. The number of ketones is 1. The van der Waals surface area contributed by atoms with Gasteiger partial charge >= 0.3 is 10.0 Å². The molecule has 3 nitrogen and oxygen atoms in total. The van der Waals surface area contributed by atoms with Crippen molar-refractivity contribution >= 4 is 15.8 Å². The highest BCUT2D eigenvalue weighted by atomic mass is 28.2. The number of carbonyl (C=O) groups excluding carboxylic acids is 1. The molecule has 0 unspecified atom stereocenters. The van der Waals surface area contributed by atoms with E-state index < -0.39 is 10.0 Å². The van der Waals surface area contributed by atoms with Crippen LogP contribution in [0.2, 0.25) is 0 Å². The predicted octanol–water partition coefficient (Wildman–Crippen LogP) is 0.0648.